The van der Waals surface area contributed by atoms with Crippen molar-refractivity contribution in [1.29, 1.82) is 0 Å². The second kappa shape index (κ2) is 6.97. The largest absolute Gasteiger partial charge is 0.464 e. The fraction of sp³-hybridized carbons (Fsp3) is 0.923. The molecule has 2 N–H and O–H groups in total. The van der Waals surface area contributed by atoms with Gasteiger partial charge >= 0.3 is 5.97 Å². The van der Waals surface area contributed by atoms with Gasteiger partial charge in [-0.05, 0) is 31.6 Å². The lowest BCUT2D eigenvalue weighted by Crippen LogP contribution is -2.51. The van der Waals surface area contributed by atoms with Crippen LogP contribution in [0.5, 0.6) is 0 Å². The molecule has 4 heteroatoms. The van der Waals surface area contributed by atoms with Gasteiger partial charge in [0, 0.05) is 20.1 Å². The molecule has 0 aromatic carbocycles. The summed E-state index contributed by atoms with van der Waals surface area (Å²) in [5.74, 6) is 0.496. The molecule has 1 fully saturated rings. The van der Waals surface area contributed by atoms with E-state index >= 15 is 0 Å². The molecule has 0 saturated heterocycles. The van der Waals surface area contributed by atoms with Crippen LogP contribution >= 0.6 is 0 Å². The molecule has 4 nitrogen and oxygen atoms in total. The molecular formula is C13H25NO3. The minimum absolute atomic E-state index is 0.233. The first-order valence-electron chi connectivity index (χ1n) is 6.57. The highest BCUT2D eigenvalue weighted by molar-refractivity contribution is 5.80. The third kappa shape index (κ3) is 4.28. The lowest BCUT2D eigenvalue weighted by atomic mass is 9.76. The maximum atomic E-state index is 11.9. The first-order valence-corrected chi connectivity index (χ1v) is 6.57. The van der Waals surface area contributed by atoms with Gasteiger partial charge in [0.15, 0.2) is 0 Å². The van der Waals surface area contributed by atoms with Crippen LogP contribution in [0.25, 0.3) is 0 Å². The Morgan fingerprint density at radius 2 is 2.00 bits per heavy atom. The summed E-state index contributed by atoms with van der Waals surface area (Å²) in [7, 11) is 1.64. The normalized spacial score (nSPS) is 29.0. The Bertz CT molecular complexity index is 235. The summed E-state index contributed by atoms with van der Waals surface area (Å²) in [6, 6.07) is 0. The van der Waals surface area contributed by atoms with Crippen molar-refractivity contribution in [2.45, 2.75) is 51.0 Å². The number of methoxy groups -OCH3 is 1. The van der Waals surface area contributed by atoms with Crippen LogP contribution in [0.15, 0.2) is 0 Å². The Balaban J connectivity index is 2.30. The minimum Gasteiger partial charge on any atom is -0.464 e. The van der Waals surface area contributed by atoms with Crippen molar-refractivity contribution in [3.8, 4) is 0 Å². The van der Waals surface area contributed by atoms with Gasteiger partial charge in [0.05, 0.1) is 6.61 Å². The van der Waals surface area contributed by atoms with Gasteiger partial charge in [0.1, 0.15) is 5.54 Å². The number of rotatable bonds is 6. The van der Waals surface area contributed by atoms with Crippen LogP contribution in [-0.2, 0) is 14.3 Å². The molecule has 0 bridgehead atoms. The predicted octanol–water partition coefficient (Wildman–Crippen LogP) is 1.86. The zero-order valence-corrected chi connectivity index (χ0v) is 11.0. The van der Waals surface area contributed by atoms with Gasteiger partial charge in [-0.15, -0.1) is 0 Å². The number of hydrogen-bond donors (Lipinski definition) is 1. The molecule has 0 heterocycles. The third-order valence-corrected chi connectivity index (χ3v) is 3.71. The van der Waals surface area contributed by atoms with Crippen molar-refractivity contribution >= 4 is 5.97 Å². The third-order valence-electron chi connectivity index (χ3n) is 3.71. The first kappa shape index (κ1) is 14.5. The van der Waals surface area contributed by atoms with E-state index in [1.807, 2.05) is 0 Å². The second-order valence-corrected chi connectivity index (χ2v) is 4.99. The molecule has 17 heavy (non-hydrogen) atoms. The van der Waals surface area contributed by atoms with Crippen molar-refractivity contribution in [1.82, 2.24) is 0 Å². The van der Waals surface area contributed by atoms with E-state index in [4.69, 9.17) is 15.2 Å². The monoisotopic (exact) mass is 243 g/mol. The van der Waals surface area contributed by atoms with E-state index in [1.54, 1.807) is 7.11 Å². The van der Waals surface area contributed by atoms with E-state index < -0.39 is 5.54 Å². The Morgan fingerprint density at radius 3 is 2.53 bits per heavy atom. The zero-order chi connectivity index (χ0) is 12.7. The maximum absolute atomic E-state index is 11.9. The number of carbonyl (C=O) groups is 1. The first-order chi connectivity index (χ1) is 8.12. The topological polar surface area (TPSA) is 61.6 Å². The summed E-state index contributed by atoms with van der Waals surface area (Å²) in [5.41, 5.74) is 5.39. The molecule has 1 aliphatic rings. The molecule has 0 aliphatic heterocycles. The molecule has 0 spiro atoms. The van der Waals surface area contributed by atoms with Crippen molar-refractivity contribution in [2.24, 2.45) is 11.7 Å². The number of nitrogens with two attached hydrogens (primary N) is 1. The maximum Gasteiger partial charge on any atom is 0.326 e. The van der Waals surface area contributed by atoms with E-state index in [-0.39, 0.29) is 5.97 Å². The van der Waals surface area contributed by atoms with Crippen LogP contribution in [0, 0.1) is 5.92 Å². The molecule has 0 aromatic heterocycles. The Kier molecular flexibility index (Phi) is 5.92. The second-order valence-electron chi connectivity index (χ2n) is 4.99. The molecule has 100 valence electrons. The van der Waals surface area contributed by atoms with Crippen LogP contribution in [0.4, 0.5) is 0 Å². The molecular weight excluding hydrogens is 218 g/mol. The summed E-state index contributed by atoms with van der Waals surface area (Å²) in [5, 5.41) is 0. The van der Waals surface area contributed by atoms with Gasteiger partial charge < -0.3 is 15.2 Å². The molecule has 0 amide bonds. The van der Waals surface area contributed by atoms with Crippen molar-refractivity contribution in [3.05, 3.63) is 0 Å². The highest BCUT2D eigenvalue weighted by Crippen LogP contribution is 2.32. The fourth-order valence-corrected chi connectivity index (χ4v) is 2.32. The number of esters is 1. The van der Waals surface area contributed by atoms with Gasteiger partial charge in [-0.3, -0.25) is 4.79 Å². The van der Waals surface area contributed by atoms with Gasteiger partial charge in [-0.25, -0.2) is 0 Å². The van der Waals surface area contributed by atoms with E-state index in [0.29, 0.717) is 13.2 Å². The Labute approximate surface area is 104 Å². The van der Waals surface area contributed by atoms with Crippen LogP contribution < -0.4 is 5.73 Å². The van der Waals surface area contributed by atoms with E-state index in [0.717, 1.165) is 38.0 Å². The average Bonchev–Trinajstić information content (AvgIpc) is 2.35. The van der Waals surface area contributed by atoms with E-state index in [9.17, 15) is 4.79 Å². The van der Waals surface area contributed by atoms with Gasteiger partial charge in [0.2, 0.25) is 0 Å². The number of carbonyl (C=O) groups excluding carboxylic acids is 1. The van der Waals surface area contributed by atoms with Gasteiger partial charge in [-0.1, -0.05) is 13.3 Å². The molecule has 0 atom stereocenters. The molecule has 0 aromatic rings. The smallest absolute Gasteiger partial charge is 0.326 e. The van der Waals surface area contributed by atoms with Crippen LogP contribution in [0.3, 0.4) is 0 Å². The summed E-state index contributed by atoms with van der Waals surface area (Å²) in [6.45, 7) is 3.21. The van der Waals surface area contributed by atoms with E-state index in [2.05, 4.69) is 6.92 Å². The van der Waals surface area contributed by atoms with Crippen LogP contribution in [0.2, 0.25) is 0 Å². The highest BCUT2D eigenvalue weighted by atomic mass is 16.5. The summed E-state index contributed by atoms with van der Waals surface area (Å²) < 4.78 is 10.1. The summed E-state index contributed by atoms with van der Waals surface area (Å²) in [6.07, 6.45) is 5.51. The van der Waals surface area contributed by atoms with Crippen molar-refractivity contribution in [3.63, 3.8) is 0 Å². The van der Waals surface area contributed by atoms with Crippen LogP contribution in [0.1, 0.15) is 45.4 Å². The predicted molar refractivity (Wildman–Crippen MR) is 66.6 cm³/mol. The molecule has 0 radical (unpaired) electrons. The number of hydrogen-bond acceptors (Lipinski definition) is 4. The van der Waals surface area contributed by atoms with Crippen molar-refractivity contribution < 1.29 is 14.3 Å². The number of ether oxygens (including phenoxy) is 2. The van der Waals surface area contributed by atoms with Gasteiger partial charge in [-0.2, -0.15) is 0 Å². The standard InChI is InChI=1S/C13H25NO3/c1-3-11-5-7-13(14,8-6-11)12(15)17-10-4-9-16-2/h11H,3-10,14H2,1-2H3. The average molecular weight is 243 g/mol. The fourth-order valence-electron chi connectivity index (χ4n) is 2.32. The zero-order valence-electron chi connectivity index (χ0n) is 11.0. The highest BCUT2D eigenvalue weighted by Gasteiger charge is 2.39. The summed E-state index contributed by atoms with van der Waals surface area (Å²) in [4.78, 5) is 11.9. The molecule has 1 saturated carbocycles. The Morgan fingerprint density at radius 1 is 1.35 bits per heavy atom. The van der Waals surface area contributed by atoms with E-state index in [1.165, 1.54) is 6.42 Å². The Hall–Kier alpha value is -0.610. The molecule has 1 aliphatic carbocycles. The summed E-state index contributed by atoms with van der Waals surface area (Å²) >= 11 is 0. The van der Waals surface area contributed by atoms with Gasteiger partial charge in [0.25, 0.3) is 0 Å². The minimum atomic E-state index is -0.737. The molecule has 0 unspecified atom stereocenters. The lowest BCUT2D eigenvalue weighted by molar-refractivity contribution is -0.152. The van der Waals surface area contributed by atoms with Crippen LogP contribution in [-0.4, -0.2) is 31.8 Å². The lowest BCUT2D eigenvalue weighted by Gasteiger charge is -2.34. The van der Waals surface area contributed by atoms with Crippen molar-refractivity contribution in [2.75, 3.05) is 20.3 Å². The SMILES string of the molecule is CCC1CCC(N)(C(=O)OCCCOC)CC1. The molecule has 1 rings (SSSR count). The quantitative estimate of drug-likeness (QED) is 0.571.